The fourth-order valence-electron chi connectivity index (χ4n) is 1.26. The van der Waals surface area contributed by atoms with Crippen LogP contribution < -0.4 is 0 Å². The van der Waals surface area contributed by atoms with Gasteiger partial charge in [0.1, 0.15) is 12.2 Å². The Bertz CT molecular complexity index is 382. The van der Waals surface area contributed by atoms with E-state index in [0.717, 1.165) is 0 Å². The third kappa shape index (κ3) is 5.85. The molecular weight excluding hydrogens is 266 g/mol. The van der Waals surface area contributed by atoms with E-state index < -0.39 is 11.9 Å². The number of carbonyl (C=O) groups excluding carboxylic acids is 2. The molecule has 20 heavy (non-hydrogen) atoms. The molecular formula is C13H19NO6. The maximum Gasteiger partial charge on any atom is 0.345 e. The Kier molecular flexibility index (Phi) is 6.75. The van der Waals surface area contributed by atoms with Gasteiger partial charge < -0.3 is 23.8 Å². The van der Waals surface area contributed by atoms with Gasteiger partial charge >= 0.3 is 11.9 Å². The van der Waals surface area contributed by atoms with Crippen molar-refractivity contribution in [1.82, 2.24) is 4.90 Å². The number of allylic oxidation sites excluding steroid dienone is 2. The fraction of sp³-hybridized carbons (Fsp3) is 0.538. The molecule has 0 bridgehead atoms. The Morgan fingerprint density at radius 3 is 2.40 bits per heavy atom. The third-order valence-corrected chi connectivity index (χ3v) is 2.46. The van der Waals surface area contributed by atoms with Gasteiger partial charge in [0.05, 0.1) is 20.8 Å². The van der Waals surface area contributed by atoms with E-state index >= 15 is 0 Å². The van der Waals surface area contributed by atoms with Crippen LogP contribution in [0, 0.1) is 0 Å². The molecule has 0 amide bonds. The molecule has 0 aromatic rings. The van der Waals surface area contributed by atoms with Crippen LogP contribution in [0.25, 0.3) is 0 Å². The van der Waals surface area contributed by atoms with Crippen molar-refractivity contribution in [3.63, 3.8) is 0 Å². The van der Waals surface area contributed by atoms with E-state index in [2.05, 4.69) is 9.47 Å². The zero-order valence-corrected chi connectivity index (χ0v) is 11.8. The minimum atomic E-state index is -0.738. The average Bonchev–Trinajstić information content (AvgIpc) is 3.26. The van der Waals surface area contributed by atoms with Gasteiger partial charge in [0.2, 0.25) is 0 Å². The molecule has 0 aromatic carbocycles. The summed E-state index contributed by atoms with van der Waals surface area (Å²) in [4.78, 5) is 24.6. The molecule has 1 aliphatic rings. The lowest BCUT2D eigenvalue weighted by molar-refractivity contribution is -0.144. The van der Waals surface area contributed by atoms with Gasteiger partial charge in [-0.1, -0.05) is 0 Å². The molecule has 0 aromatic heterocycles. The van der Waals surface area contributed by atoms with Crippen LogP contribution in [-0.4, -0.2) is 64.2 Å². The summed E-state index contributed by atoms with van der Waals surface area (Å²) in [5.74, 6) is -1.48. The number of likely N-dealkylation sites (N-methyl/N-ethyl adjacent to an activating group) is 1. The van der Waals surface area contributed by atoms with Crippen LogP contribution >= 0.6 is 0 Å². The topological polar surface area (TPSA) is 77.6 Å². The molecule has 7 nitrogen and oxygen atoms in total. The lowest BCUT2D eigenvalue weighted by Gasteiger charge is -2.12. The summed E-state index contributed by atoms with van der Waals surface area (Å²) in [6.07, 6.45) is 4.57. The number of rotatable bonds is 8. The molecule has 0 N–H and O–H groups in total. The smallest absolute Gasteiger partial charge is 0.345 e. The van der Waals surface area contributed by atoms with E-state index in [4.69, 9.17) is 9.47 Å². The highest BCUT2D eigenvalue weighted by Gasteiger charge is 2.22. The maximum absolute atomic E-state index is 11.4. The van der Waals surface area contributed by atoms with Crippen LogP contribution in [0.3, 0.4) is 0 Å². The number of hydrogen-bond acceptors (Lipinski definition) is 7. The first kappa shape index (κ1) is 16.2. The Morgan fingerprint density at radius 2 is 1.90 bits per heavy atom. The molecule has 1 aliphatic heterocycles. The number of epoxide rings is 1. The van der Waals surface area contributed by atoms with Crippen molar-refractivity contribution in [3.8, 4) is 0 Å². The lowest BCUT2D eigenvalue weighted by Crippen LogP contribution is -2.18. The number of esters is 2. The first-order valence-electron chi connectivity index (χ1n) is 6.07. The van der Waals surface area contributed by atoms with Gasteiger partial charge in [-0.2, -0.15) is 0 Å². The predicted molar refractivity (Wildman–Crippen MR) is 69.6 cm³/mol. The molecule has 1 heterocycles. The van der Waals surface area contributed by atoms with Gasteiger partial charge in [-0.05, 0) is 18.4 Å². The number of methoxy groups -OCH3 is 2. The summed E-state index contributed by atoms with van der Waals surface area (Å²) in [6.45, 7) is 1.86. The van der Waals surface area contributed by atoms with Crippen molar-refractivity contribution in [1.29, 1.82) is 0 Å². The summed E-state index contributed by atoms with van der Waals surface area (Å²) >= 11 is 0. The van der Waals surface area contributed by atoms with E-state index in [9.17, 15) is 9.59 Å². The molecule has 112 valence electrons. The zero-order chi connectivity index (χ0) is 15.0. The second-order valence-electron chi connectivity index (χ2n) is 4.02. The van der Waals surface area contributed by atoms with Crippen LogP contribution in [0.2, 0.25) is 0 Å². The number of ether oxygens (including phenoxy) is 4. The summed E-state index contributed by atoms with van der Waals surface area (Å²) < 4.78 is 19.2. The molecule has 0 aliphatic carbocycles. The molecule has 1 fully saturated rings. The van der Waals surface area contributed by atoms with Gasteiger partial charge in [0, 0.05) is 13.6 Å². The third-order valence-electron chi connectivity index (χ3n) is 2.46. The Balaban J connectivity index is 2.44. The molecule has 1 rings (SSSR count). The predicted octanol–water partition coefficient (Wildman–Crippen LogP) is 0.0772. The SMILES string of the molecule is COC(=O)C(=CC=CN(C)CCOC1CO1)C(=O)OC. The molecule has 7 heteroatoms. The second-order valence-corrected chi connectivity index (χ2v) is 4.02. The van der Waals surface area contributed by atoms with E-state index in [0.29, 0.717) is 19.8 Å². The maximum atomic E-state index is 11.4. The van der Waals surface area contributed by atoms with Crippen LogP contribution in [-0.2, 0) is 28.5 Å². The van der Waals surface area contributed by atoms with E-state index in [1.807, 2.05) is 11.9 Å². The Morgan fingerprint density at radius 1 is 1.30 bits per heavy atom. The first-order valence-corrected chi connectivity index (χ1v) is 6.07. The molecule has 0 spiro atoms. The van der Waals surface area contributed by atoms with Gasteiger partial charge in [-0.25, -0.2) is 9.59 Å². The molecule has 0 radical (unpaired) electrons. The highest BCUT2D eigenvalue weighted by Crippen LogP contribution is 2.09. The van der Waals surface area contributed by atoms with E-state index in [1.54, 1.807) is 12.3 Å². The van der Waals surface area contributed by atoms with Gasteiger partial charge in [-0.3, -0.25) is 0 Å². The summed E-state index contributed by atoms with van der Waals surface area (Å²) in [6, 6.07) is 0. The van der Waals surface area contributed by atoms with Crippen LogP contribution in [0.15, 0.2) is 23.9 Å². The van der Waals surface area contributed by atoms with Crippen molar-refractivity contribution in [3.05, 3.63) is 23.9 Å². The minimum Gasteiger partial charge on any atom is -0.465 e. The van der Waals surface area contributed by atoms with Crippen molar-refractivity contribution >= 4 is 11.9 Å². The normalized spacial score (nSPS) is 16.6. The Hall–Kier alpha value is -1.86. The number of carbonyl (C=O) groups is 2. The van der Waals surface area contributed by atoms with Crippen LogP contribution in [0.1, 0.15) is 0 Å². The standard InChI is InChI=1S/C13H19NO6/c1-14(7-8-19-11-9-20-11)6-4-5-10(12(15)17-2)13(16)18-3/h4-6,11H,7-9H2,1-3H3. The van der Waals surface area contributed by atoms with Crippen LogP contribution in [0.4, 0.5) is 0 Å². The molecule has 1 atom stereocenters. The zero-order valence-electron chi connectivity index (χ0n) is 11.8. The van der Waals surface area contributed by atoms with Gasteiger partial charge in [0.15, 0.2) is 6.29 Å². The number of hydrogen-bond donors (Lipinski definition) is 0. The quantitative estimate of drug-likeness (QED) is 0.156. The van der Waals surface area contributed by atoms with Crippen molar-refractivity contribution < 1.29 is 28.5 Å². The average molecular weight is 285 g/mol. The summed E-state index contributed by atoms with van der Waals surface area (Å²) in [7, 11) is 4.25. The van der Waals surface area contributed by atoms with Crippen molar-refractivity contribution in [2.75, 3.05) is 41.0 Å². The van der Waals surface area contributed by atoms with Crippen molar-refractivity contribution in [2.24, 2.45) is 0 Å². The van der Waals surface area contributed by atoms with Crippen molar-refractivity contribution in [2.45, 2.75) is 6.29 Å². The molecule has 1 saturated heterocycles. The van der Waals surface area contributed by atoms with E-state index in [1.165, 1.54) is 20.3 Å². The van der Waals surface area contributed by atoms with Gasteiger partial charge in [-0.15, -0.1) is 0 Å². The van der Waals surface area contributed by atoms with Gasteiger partial charge in [0.25, 0.3) is 0 Å². The highest BCUT2D eigenvalue weighted by molar-refractivity contribution is 6.14. The first-order chi connectivity index (χ1) is 9.58. The number of nitrogens with zero attached hydrogens (tertiary/aromatic N) is 1. The van der Waals surface area contributed by atoms with E-state index in [-0.39, 0.29) is 11.9 Å². The summed E-state index contributed by atoms with van der Waals surface area (Å²) in [5, 5.41) is 0. The monoisotopic (exact) mass is 285 g/mol. The molecule has 1 unspecified atom stereocenters. The second kappa shape index (κ2) is 8.34. The van der Waals surface area contributed by atoms with Crippen LogP contribution in [0.5, 0.6) is 0 Å². The summed E-state index contributed by atoms with van der Waals surface area (Å²) in [5.41, 5.74) is -0.165. The Labute approximate surface area is 117 Å². The largest absolute Gasteiger partial charge is 0.465 e. The minimum absolute atomic E-state index is 0.0578. The molecule has 0 saturated carbocycles. The lowest BCUT2D eigenvalue weighted by atomic mass is 10.2. The highest BCUT2D eigenvalue weighted by atomic mass is 16.8. The fourth-order valence-corrected chi connectivity index (χ4v) is 1.26.